The van der Waals surface area contributed by atoms with E-state index in [4.69, 9.17) is 4.74 Å². The molecule has 1 amide bonds. The molecule has 63 heavy (non-hydrogen) atoms. The van der Waals surface area contributed by atoms with Gasteiger partial charge in [0.1, 0.15) is 0 Å². The van der Waals surface area contributed by atoms with Crippen molar-refractivity contribution < 1.29 is 24.5 Å². The minimum atomic E-state index is -0.842. The minimum absolute atomic E-state index is 0.00375. The number of ether oxygens (including phenoxy) is 1. The first-order valence-electron chi connectivity index (χ1n) is 28.1. The van der Waals surface area contributed by atoms with Crippen molar-refractivity contribution in [3.63, 3.8) is 0 Å². The second-order valence-corrected chi connectivity index (χ2v) is 19.3. The highest BCUT2D eigenvalue weighted by molar-refractivity contribution is 5.76. The number of allylic oxidation sites excluding steroid dienone is 3. The summed E-state index contributed by atoms with van der Waals surface area (Å²) in [6, 6.07) is -0.626. The molecule has 0 aliphatic carbocycles. The monoisotopic (exact) mass is 888 g/mol. The van der Waals surface area contributed by atoms with Gasteiger partial charge in [0.25, 0.3) is 0 Å². The Kier molecular flexibility index (Phi) is 51.6. The zero-order valence-electron chi connectivity index (χ0n) is 42.3. The van der Waals surface area contributed by atoms with Gasteiger partial charge in [-0.2, -0.15) is 0 Å². The van der Waals surface area contributed by atoms with Crippen molar-refractivity contribution in [3.8, 4) is 0 Å². The first kappa shape index (κ1) is 61.3. The number of unbranched alkanes of at least 4 members (excludes halogenated alkanes) is 39. The molecule has 0 heterocycles. The molecule has 0 fully saturated rings. The number of carbonyl (C=O) groups excluding carboxylic acids is 2. The Morgan fingerprint density at radius 1 is 0.429 bits per heavy atom. The smallest absolute Gasteiger partial charge is 0.305 e. The summed E-state index contributed by atoms with van der Waals surface area (Å²) in [6.45, 7) is 4.87. The Morgan fingerprint density at radius 3 is 1.13 bits per heavy atom. The van der Waals surface area contributed by atoms with Gasteiger partial charge >= 0.3 is 5.97 Å². The summed E-state index contributed by atoms with van der Waals surface area (Å²) in [5.41, 5.74) is 0. The van der Waals surface area contributed by atoms with E-state index in [0.717, 1.165) is 44.9 Å². The second-order valence-electron chi connectivity index (χ2n) is 19.3. The van der Waals surface area contributed by atoms with Gasteiger partial charge in [-0.1, -0.05) is 256 Å². The summed E-state index contributed by atoms with van der Waals surface area (Å²) < 4.78 is 5.48. The van der Waals surface area contributed by atoms with Crippen LogP contribution in [0.3, 0.4) is 0 Å². The highest BCUT2D eigenvalue weighted by Crippen LogP contribution is 2.17. The molecule has 0 aromatic carbocycles. The fourth-order valence-corrected chi connectivity index (χ4v) is 8.63. The number of esters is 1. The van der Waals surface area contributed by atoms with Gasteiger partial charge in [-0.05, 0) is 57.8 Å². The fourth-order valence-electron chi connectivity index (χ4n) is 8.63. The lowest BCUT2D eigenvalue weighted by atomic mass is 10.0. The molecule has 0 rings (SSSR count). The van der Waals surface area contributed by atoms with Crippen molar-refractivity contribution in [1.82, 2.24) is 5.32 Å². The van der Waals surface area contributed by atoms with Crippen molar-refractivity contribution in [3.05, 3.63) is 24.3 Å². The van der Waals surface area contributed by atoms with E-state index in [0.29, 0.717) is 19.4 Å². The van der Waals surface area contributed by atoms with Crippen LogP contribution in [0.1, 0.15) is 303 Å². The first-order valence-corrected chi connectivity index (χ1v) is 28.1. The Balaban J connectivity index is 3.37. The standard InChI is InChI=1S/C57H109NO5/c1-3-5-7-9-11-13-14-15-16-25-28-31-35-39-43-47-51-57(62)63-52-48-44-40-36-32-29-26-23-21-19-17-18-20-22-24-27-30-34-38-42-46-50-56(61)58-54(53-59)55(60)49-45-41-37-33-12-10-8-6-4-2/h16,25,45,49,54-55,59-60H,3-15,17-24,26-44,46-48,50-53H2,1-2H3,(H,58,61)/b25-16-,49-45+. The van der Waals surface area contributed by atoms with Gasteiger partial charge in [-0.25, -0.2) is 0 Å². The molecule has 0 aliphatic heterocycles. The minimum Gasteiger partial charge on any atom is -0.466 e. The van der Waals surface area contributed by atoms with Crippen LogP contribution in [-0.2, 0) is 14.3 Å². The molecule has 0 spiro atoms. The summed E-state index contributed by atoms with van der Waals surface area (Å²) in [7, 11) is 0. The van der Waals surface area contributed by atoms with E-state index in [2.05, 4.69) is 31.3 Å². The number of amides is 1. The van der Waals surface area contributed by atoms with Crippen LogP contribution in [0, 0.1) is 0 Å². The molecule has 2 unspecified atom stereocenters. The molecule has 0 radical (unpaired) electrons. The highest BCUT2D eigenvalue weighted by Gasteiger charge is 2.18. The quantitative estimate of drug-likeness (QED) is 0.0321. The predicted octanol–water partition coefficient (Wildman–Crippen LogP) is 17.1. The summed E-state index contributed by atoms with van der Waals surface area (Å²) in [5.74, 6) is -0.0677. The van der Waals surface area contributed by atoms with Crippen LogP contribution in [0.5, 0.6) is 0 Å². The van der Waals surface area contributed by atoms with E-state index in [1.165, 1.54) is 231 Å². The normalized spacial score (nSPS) is 12.8. The third-order valence-corrected chi connectivity index (χ3v) is 13.0. The molecule has 3 N–H and O–H groups in total. The maximum absolute atomic E-state index is 12.4. The van der Waals surface area contributed by atoms with Gasteiger partial charge in [0.05, 0.1) is 25.4 Å². The lowest BCUT2D eigenvalue weighted by molar-refractivity contribution is -0.143. The maximum Gasteiger partial charge on any atom is 0.305 e. The summed E-state index contributed by atoms with van der Waals surface area (Å²) in [5, 5.41) is 22.9. The van der Waals surface area contributed by atoms with Crippen molar-refractivity contribution in [2.45, 2.75) is 315 Å². The van der Waals surface area contributed by atoms with Gasteiger partial charge in [0.2, 0.25) is 5.91 Å². The number of nitrogens with one attached hydrogen (secondary N) is 1. The van der Waals surface area contributed by atoms with E-state index in [1.807, 2.05) is 6.08 Å². The van der Waals surface area contributed by atoms with Crippen LogP contribution in [0.15, 0.2) is 24.3 Å². The third-order valence-electron chi connectivity index (χ3n) is 13.0. The topological polar surface area (TPSA) is 95.9 Å². The maximum atomic E-state index is 12.4. The van der Waals surface area contributed by atoms with Gasteiger partial charge in [0.15, 0.2) is 0 Å². The molecule has 0 saturated carbocycles. The van der Waals surface area contributed by atoms with Crippen molar-refractivity contribution >= 4 is 11.9 Å². The molecule has 6 heteroatoms. The average Bonchev–Trinajstić information content (AvgIpc) is 3.28. The number of carbonyl (C=O) groups is 2. The first-order chi connectivity index (χ1) is 31.0. The van der Waals surface area contributed by atoms with Crippen LogP contribution >= 0.6 is 0 Å². The summed E-state index contributed by atoms with van der Waals surface area (Å²) in [6.07, 6.45) is 63.5. The molecule has 0 saturated heterocycles. The SMILES string of the molecule is CCCCCCCCC/C=C\CCCCCCCC(=O)OCCCCCCCCCCCCCCCCCCCCCCCC(=O)NC(CO)C(O)/C=C/CCCCCCCCC. The van der Waals surface area contributed by atoms with E-state index in [1.54, 1.807) is 6.08 Å². The molecule has 0 bridgehead atoms. The van der Waals surface area contributed by atoms with Gasteiger partial charge in [0, 0.05) is 12.8 Å². The van der Waals surface area contributed by atoms with Gasteiger partial charge < -0.3 is 20.3 Å². The molecular formula is C57H109NO5. The molecular weight excluding hydrogens is 779 g/mol. The van der Waals surface area contributed by atoms with Crippen LogP contribution in [0.2, 0.25) is 0 Å². The van der Waals surface area contributed by atoms with E-state index in [9.17, 15) is 19.8 Å². The Hall–Kier alpha value is -1.66. The number of rotatable bonds is 52. The predicted molar refractivity (Wildman–Crippen MR) is 273 cm³/mol. The molecule has 2 atom stereocenters. The second kappa shape index (κ2) is 53.0. The number of aliphatic hydroxyl groups excluding tert-OH is 2. The molecule has 6 nitrogen and oxygen atoms in total. The number of hydrogen-bond acceptors (Lipinski definition) is 5. The van der Waals surface area contributed by atoms with E-state index < -0.39 is 12.1 Å². The van der Waals surface area contributed by atoms with Gasteiger partial charge in [-0.15, -0.1) is 0 Å². The zero-order chi connectivity index (χ0) is 45.8. The van der Waals surface area contributed by atoms with Crippen molar-refractivity contribution in [2.75, 3.05) is 13.2 Å². The van der Waals surface area contributed by atoms with Crippen LogP contribution in [0.4, 0.5) is 0 Å². The van der Waals surface area contributed by atoms with Crippen LogP contribution in [-0.4, -0.2) is 47.4 Å². The highest BCUT2D eigenvalue weighted by atomic mass is 16.5. The molecule has 0 aromatic rings. The fraction of sp³-hybridized carbons (Fsp3) is 0.895. The number of hydrogen-bond donors (Lipinski definition) is 3. The van der Waals surface area contributed by atoms with Crippen molar-refractivity contribution in [2.24, 2.45) is 0 Å². The molecule has 0 aromatic heterocycles. The lowest BCUT2D eigenvalue weighted by Gasteiger charge is -2.20. The average molecular weight is 889 g/mol. The lowest BCUT2D eigenvalue weighted by Crippen LogP contribution is -2.45. The largest absolute Gasteiger partial charge is 0.466 e. The third kappa shape index (κ3) is 49.6. The Bertz CT molecular complexity index is 982. The van der Waals surface area contributed by atoms with Crippen molar-refractivity contribution in [1.29, 1.82) is 0 Å². The summed E-state index contributed by atoms with van der Waals surface area (Å²) >= 11 is 0. The van der Waals surface area contributed by atoms with E-state index in [-0.39, 0.29) is 18.5 Å². The van der Waals surface area contributed by atoms with E-state index >= 15 is 0 Å². The van der Waals surface area contributed by atoms with Crippen LogP contribution in [0.25, 0.3) is 0 Å². The van der Waals surface area contributed by atoms with Crippen LogP contribution < -0.4 is 5.32 Å². The molecule has 372 valence electrons. The number of aliphatic hydroxyl groups is 2. The zero-order valence-corrected chi connectivity index (χ0v) is 42.3. The summed E-state index contributed by atoms with van der Waals surface area (Å²) in [4.78, 5) is 24.4. The Morgan fingerprint density at radius 2 is 0.746 bits per heavy atom. The Labute approximate surface area is 392 Å². The molecule has 0 aliphatic rings. The van der Waals surface area contributed by atoms with Gasteiger partial charge in [-0.3, -0.25) is 9.59 Å².